The Bertz CT molecular complexity index is 466. The van der Waals surface area contributed by atoms with Gasteiger partial charge in [0, 0.05) is 6.20 Å². The van der Waals surface area contributed by atoms with E-state index in [1.54, 1.807) is 12.3 Å². The van der Waals surface area contributed by atoms with Gasteiger partial charge in [-0.25, -0.2) is 9.37 Å². The molecule has 0 aliphatic heterocycles. The average Bonchev–Trinajstić information content (AvgIpc) is 2.02. The molecule has 1 heterocycles. The van der Waals surface area contributed by atoms with Gasteiger partial charge in [-0.2, -0.15) is 0 Å². The number of halogens is 1. The average molecular weight is 176 g/mol. The summed E-state index contributed by atoms with van der Waals surface area (Å²) in [6.45, 7) is 1.85. The van der Waals surface area contributed by atoms with Crippen molar-refractivity contribution in [2.24, 2.45) is 0 Å². The number of nitrogens with two attached hydrogens (primary N) is 1. The maximum atomic E-state index is 13.4. The predicted molar refractivity (Wildman–Crippen MR) is 50.9 cm³/mol. The van der Waals surface area contributed by atoms with Crippen molar-refractivity contribution in [3.8, 4) is 0 Å². The third kappa shape index (κ3) is 1.22. The Morgan fingerprint density at radius 2 is 2.15 bits per heavy atom. The zero-order valence-electron chi connectivity index (χ0n) is 7.21. The van der Waals surface area contributed by atoms with Gasteiger partial charge in [-0.05, 0) is 30.0 Å². The lowest BCUT2D eigenvalue weighted by Gasteiger charge is -2.03. The van der Waals surface area contributed by atoms with Crippen LogP contribution in [0.1, 0.15) is 5.56 Å². The van der Waals surface area contributed by atoms with Crippen LogP contribution in [0.15, 0.2) is 24.4 Å². The summed E-state index contributed by atoms with van der Waals surface area (Å²) in [5.74, 6) is -0.0596. The van der Waals surface area contributed by atoms with Crippen molar-refractivity contribution in [2.75, 3.05) is 5.73 Å². The molecule has 0 aliphatic carbocycles. The minimum absolute atomic E-state index is 0.245. The van der Waals surface area contributed by atoms with Gasteiger partial charge in [0.1, 0.15) is 11.6 Å². The number of hydrogen-bond donors (Lipinski definition) is 1. The van der Waals surface area contributed by atoms with Crippen molar-refractivity contribution >= 4 is 16.6 Å². The van der Waals surface area contributed by atoms with Crippen molar-refractivity contribution < 1.29 is 4.39 Å². The quantitative estimate of drug-likeness (QED) is 0.668. The first-order valence-corrected chi connectivity index (χ1v) is 3.99. The number of rotatable bonds is 0. The highest BCUT2D eigenvalue weighted by Gasteiger charge is 2.05. The zero-order valence-corrected chi connectivity index (χ0v) is 7.21. The van der Waals surface area contributed by atoms with Crippen LogP contribution in [0.2, 0.25) is 0 Å². The number of fused-ring (bicyclic) bond motifs is 1. The molecular weight excluding hydrogens is 167 g/mol. The molecule has 2 N–H and O–H groups in total. The normalized spacial score (nSPS) is 10.6. The van der Waals surface area contributed by atoms with E-state index in [1.807, 2.05) is 13.0 Å². The van der Waals surface area contributed by atoms with Gasteiger partial charge < -0.3 is 5.73 Å². The van der Waals surface area contributed by atoms with Crippen LogP contribution in [-0.2, 0) is 0 Å². The predicted octanol–water partition coefficient (Wildman–Crippen LogP) is 2.26. The molecule has 0 aliphatic rings. The Kier molecular flexibility index (Phi) is 1.65. The number of pyridine rings is 1. The minimum atomic E-state index is -0.305. The van der Waals surface area contributed by atoms with E-state index in [4.69, 9.17) is 5.73 Å². The van der Waals surface area contributed by atoms with Gasteiger partial charge in [-0.15, -0.1) is 0 Å². The first kappa shape index (κ1) is 7.98. The lowest BCUT2D eigenvalue weighted by atomic mass is 10.1. The summed E-state index contributed by atoms with van der Waals surface area (Å²) >= 11 is 0. The summed E-state index contributed by atoms with van der Waals surface area (Å²) in [5, 5.41) is 1.21. The molecule has 2 nitrogen and oxygen atoms in total. The van der Waals surface area contributed by atoms with E-state index < -0.39 is 0 Å². The van der Waals surface area contributed by atoms with Gasteiger partial charge in [0.2, 0.25) is 0 Å². The highest BCUT2D eigenvalue weighted by molar-refractivity contribution is 5.91. The van der Waals surface area contributed by atoms with Crippen LogP contribution in [0, 0.1) is 12.7 Å². The molecule has 2 rings (SSSR count). The maximum absolute atomic E-state index is 13.4. The minimum Gasteiger partial charge on any atom is -0.383 e. The van der Waals surface area contributed by atoms with Gasteiger partial charge in [-0.1, -0.05) is 6.07 Å². The third-order valence-corrected chi connectivity index (χ3v) is 1.99. The Morgan fingerprint density at radius 3 is 2.92 bits per heavy atom. The molecule has 0 fully saturated rings. The van der Waals surface area contributed by atoms with E-state index >= 15 is 0 Å². The van der Waals surface area contributed by atoms with Crippen LogP contribution in [0.25, 0.3) is 10.8 Å². The van der Waals surface area contributed by atoms with Gasteiger partial charge in [-0.3, -0.25) is 0 Å². The molecule has 0 saturated heterocycles. The topological polar surface area (TPSA) is 38.9 Å². The molecule has 3 heteroatoms. The van der Waals surface area contributed by atoms with Crippen LogP contribution in [0.4, 0.5) is 10.2 Å². The van der Waals surface area contributed by atoms with E-state index in [-0.39, 0.29) is 11.6 Å². The van der Waals surface area contributed by atoms with Gasteiger partial charge in [0.25, 0.3) is 0 Å². The highest BCUT2D eigenvalue weighted by Crippen LogP contribution is 2.23. The first-order chi connectivity index (χ1) is 6.18. The Labute approximate surface area is 75.2 Å². The summed E-state index contributed by atoms with van der Waals surface area (Å²) < 4.78 is 13.4. The molecule has 0 radical (unpaired) electrons. The van der Waals surface area contributed by atoms with Crippen molar-refractivity contribution in [3.63, 3.8) is 0 Å². The van der Waals surface area contributed by atoms with E-state index in [1.165, 1.54) is 6.07 Å². The number of anilines is 1. The van der Waals surface area contributed by atoms with Gasteiger partial charge >= 0.3 is 0 Å². The van der Waals surface area contributed by atoms with Crippen LogP contribution in [0.3, 0.4) is 0 Å². The zero-order chi connectivity index (χ0) is 9.42. The molecule has 0 spiro atoms. The number of nitrogens with zero attached hydrogens (tertiary/aromatic N) is 1. The number of aryl methyl sites for hydroxylation is 1. The largest absolute Gasteiger partial charge is 0.383 e. The van der Waals surface area contributed by atoms with E-state index in [2.05, 4.69) is 4.98 Å². The van der Waals surface area contributed by atoms with E-state index in [0.717, 1.165) is 10.9 Å². The van der Waals surface area contributed by atoms with Crippen LogP contribution in [0.5, 0.6) is 0 Å². The van der Waals surface area contributed by atoms with Crippen LogP contribution in [-0.4, -0.2) is 4.98 Å². The molecule has 1 aromatic carbocycles. The second-order valence-electron chi connectivity index (χ2n) is 3.04. The number of hydrogen-bond acceptors (Lipinski definition) is 2. The second kappa shape index (κ2) is 2.69. The molecule has 0 atom stereocenters. The fraction of sp³-hybridized carbons (Fsp3) is 0.100. The lowest BCUT2D eigenvalue weighted by molar-refractivity contribution is 0.639. The smallest absolute Gasteiger partial charge is 0.134 e. The lowest BCUT2D eigenvalue weighted by Crippen LogP contribution is -1.93. The summed E-state index contributed by atoms with van der Waals surface area (Å²) in [4.78, 5) is 3.84. The molecule has 2 aromatic rings. The Balaban J connectivity index is 2.94. The SMILES string of the molecule is Cc1cc(F)c2c(N)nccc2c1. The standard InChI is InChI=1S/C10H9FN2/c1-6-4-7-2-3-13-10(12)9(7)8(11)5-6/h2-5H,1H3,(H2,12,13). The first-order valence-electron chi connectivity index (χ1n) is 3.99. The molecule has 0 bridgehead atoms. The number of aromatic nitrogens is 1. The maximum Gasteiger partial charge on any atom is 0.134 e. The van der Waals surface area contributed by atoms with Crippen LogP contribution < -0.4 is 5.73 Å². The molecular formula is C10H9FN2. The van der Waals surface area contributed by atoms with Crippen molar-refractivity contribution in [3.05, 3.63) is 35.8 Å². The van der Waals surface area contributed by atoms with Crippen molar-refractivity contribution in [1.29, 1.82) is 0 Å². The summed E-state index contributed by atoms with van der Waals surface area (Å²) in [6, 6.07) is 5.10. The Morgan fingerprint density at radius 1 is 1.38 bits per heavy atom. The van der Waals surface area contributed by atoms with Gasteiger partial charge in [0.15, 0.2) is 0 Å². The highest BCUT2D eigenvalue weighted by atomic mass is 19.1. The molecule has 66 valence electrons. The van der Waals surface area contributed by atoms with Gasteiger partial charge in [0.05, 0.1) is 5.39 Å². The monoisotopic (exact) mass is 176 g/mol. The molecule has 0 amide bonds. The fourth-order valence-corrected chi connectivity index (χ4v) is 1.43. The third-order valence-electron chi connectivity index (χ3n) is 1.99. The number of benzene rings is 1. The molecule has 1 aromatic heterocycles. The molecule has 0 saturated carbocycles. The number of nitrogen functional groups attached to an aromatic ring is 1. The van der Waals surface area contributed by atoms with Crippen LogP contribution >= 0.6 is 0 Å². The molecule has 0 unspecified atom stereocenters. The fourth-order valence-electron chi connectivity index (χ4n) is 1.43. The summed E-state index contributed by atoms with van der Waals surface area (Å²) in [6.07, 6.45) is 1.58. The summed E-state index contributed by atoms with van der Waals surface area (Å²) in [7, 11) is 0. The van der Waals surface area contributed by atoms with E-state index in [9.17, 15) is 4.39 Å². The van der Waals surface area contributed by atoms with Crippen molar-refractivity contribution in [2.45, 2.75) is 6.92 Å². The Hall–Kier alpha value is -1.64. The second-order valence-corrected chi connectivity index (χ2v) is 3.04. The summed E-state index contributed by atoms with van der Waals surface area (Å²) in [5.41, 5.74) is 6.44. The molecule has 13 heavy (non-hydrogen) atoms. The van der Waals surface area contributed by atoms with E-state index in [0.29, 0.717) is 5.39 Å². The van der Waals surface area contributed by atoms with Crippen molar-refractivity contribution in [1.82, 2.24) is 4.98 Å².